The molecule has 0 N–H and O–H groups in total. The number of benzene rings is 2. The smallest absolute Gasteiger partial charge is 0.410 e. The van der Waals surface area contributed by atoms with Crippen LogP contribution in [0.3, 0.4) is 0 Å². The number of hydrogen-bond acceptors (Lipinski definition) is 4. The first-order chi connectivity index (χ1) is 14.4. The Morgan fingerprint density at radius 3 is 1.30 bits per heavy atom. The van der Waals surface area contributed by atoms with Crippen molar-refractivity contribution < 1.29 is 19.1 Å². The quantitative estimate of drug-likeness (QED) is 0.589. The maximum absolute atomic E-state index is 12.6. The van der Waals surface area contributed by atoms with Gasteiger partial charge in [0.15, 0.2) is 0 Å². The molecule has 2 aromatic rings. The first kappa shape index (κ1) is 23.3. The van der Waals surface area contributed by atoms with Gasteiger partial charge in [-0.25, -0.2) is 9.59 Å². The molecule has 0 unspecified atom stereocenters. The molecule has 0 bridgehead atoms. The van der Waals surface area contributed by atoms with Crippen LogP contribution in [0, 0.1) is 13.8 Å². The van der Waals surface area contributed by atoms with Crippen LogP contribution in [0.25, 0.3) is 11.1 Å². The molecule has 6 nitrogen and oxygen atoms in total. The molecule has 2 amide bonds. The second kappa shape index (κ2) is 10.7. The molecule has 2 rings (SSSR count). The van der Waals surface area contributed by atoms with Crippen LogP contribution in [0.1, 0.15) is 38.8 Å². The number of rotatable bonds is 7. The molecular formula is C24H32N2O4. The van der Waals surface area contributed by atoms with E-state index in [0.717, 1.165) is 22.3 Å². The van der Waals surface area contributed by atoms with Gasteiger partial charge in [0.2, 0.25) is 0 Å². The molecule has 162 valence electrons. The summed E-state index contributed by atoms with van der Waals surface area (Å²) < 4.78 is 11.5. The van der Waals surface area contributed by atoms with Crippen molar-refractivity contribution in [2.75, 3.05) is 26.2 Å². The van der Waals surface area contributed by atoms with Gasteiger partial charge in [-0.2, -0.15) is 0 Å². The Morgan fingerprint density at radius 2 is 1.00 bits per heavy atom. The van der Waals surface area contributed by atoms with Crippen molar-refractivity contribution in [3.8, 4) is 22.6 Å². The average Bonchev–Trinajstić information content (AvgIpc) is 2.71. The number of amides is 2. The maximum Gasteiger partial charge on any atom is 0.415 e. The highest BCUT2D eigenvalue weighted by atomic mass is 16.6. The summed E-state index contributed by atoms with van der Waals surface area (Å²) in [5.74, 6) is 0.891. The summed E-state index contributed by atoms with van der Waals surface area (Å²) in [5.41, 5.74) is 3.35. The van der Waals surface area contributed by atoms with Crippen molar-refractivity contribution in [3.05, 3.63) is 47.5 Å². The van der Waals surface area contributed by atoms with Crippen molar-refractivity contribution in [1.82, 2.24) is 9.80 Å². The van der Waals surface area contributed by atoms with Gasteiger partial charge in [-0.3, -0.25) is 0 Å². The Bertz CT molecular complexity index is 813. The van der Waals surface area contributed by atoms with Gasteiger partial charge in [0.1, 0.15) is 11.5 Å². The van der Waals surface area contributed by atoms with Crippen LogP contribution in [-0.4, -0.2) is 48.2 Å². The van der Waals surface area contributed by atoms with E-state index in [2.05, 4.69) is 0 Å². The fourth-order valence-corrected chi connectivity index (χ4v) is 3.37. The Balaban J connectivity index is 2.54. The van der Waals surface area contributed by atoms with Crippen LogP contribution in [0.5, 0.6) is 11.5 Å². The fourth-order valence-electron chi connectivity index (χ4n) is 3.37. The molecule has 0 atom stereocenters. The molecule has 6 heteroatoms. The van der Waals surface area contributed by atoms with E-state index in [9.17, 15) is 9.59 Å². The van der Waals surface area contributed by atoms with Gasteiger partial charge < -0.3 is 19.3 Å². The predicted octanol–water partition coefficient (Wildman–Crippen LogP) is 5.65. The molecule has 0 saturated heterocycles. The first-order valence-corrected chi connectivity index (χ1v) is 10.5. The van der Waals surface area contributed by atoms with E-state index in [0.29, 0.717) is 37.7 Å². The Kier molecular flexibility index (Phi) is 8.27. The number of carbonyl (C=O) groups excluding carboxylic acids is 2. The molecular weight excluding hydrogens is 380 g/mol. The van der Waals surface area contributed by atoms with Crippen molar-refractivity contribution in [2.45, 2.75) is 41.5 Å². The first-order valence-electron chi connectivity index (χ1n) is 10.5. The lowest BCUT2D eigenvalue weighted by Crippen LogP contribution is -2.33. The van der Waals surface area contributed by atoms with Crippen LogP contribution in [-0.2, 0) is 0 Å². The summed E-state index contributed by atoms with van der Waals surface area (Å²) in [7, 11) is 0. The number of ether oxygens (including phenoxy) is 2. The molecule has 0 aromatic heterocycles. The van der Waals surface area contributed by atoms with Crippen LogP contribution in [0.2, 0.25) is 0 Å². The maximum atomic E-state index is 12.6. The zero-order valence-electron chi connectivity index (χ0n) is 18.8. The van der Waals surface area contributed by atoms with E-state index in [1.807, 2.05) is 65.8 Å². The van der Waals surface area contributed by atoms with Gasteiger partial charge >= 0.3 is 12.2 Å². The lowest BCUT2D eigenvalue weighted by atomic mass is 9.94. The fraction of sp³-hybridized carbons (Fsp3) is 0.417. The average molecular weight is 413 g/mol. The van der Waals surface area contributed by atoms with E-state index in [-0.39, 0.29) is 0 Å². The molecule has 30 heavy (non-hydrogen) atoms. The molecule has 2 aromatic carbocycles. The molecule has 0 aliphatic rings. The topological polar surface area (TPSA) is 59.1 Å². The third-order valence-electron chi connectivity index (χ3n) is 5.16. The molecule has 0 aliphatic heterocycles. The van der Waals surface area contributed by atoms with E-state index < -0.39 is 12.2 Å². The van der Waals surface area contributed by atoms with E-state index in [1.165, 1.54) is 0 Å². The minimum Gasteiger partial charge on any atom is -0.410 e. The molecule has 0 saturated carbocycles. The minimum absolute atomic E-state index is 0.401. The largest absolute Gasteiger partial charge is 0.415 e. The lowest BCUT2D eigenvalue weighted by Gasteiger charge is -2.23. The summed E-state index contributed by atoms with van der Waals surface area (Å²) in [6.45, 7) is 13.8. The van der Waals surface area contributed by atoms with Crippen LogP contribution in [0.4, 0.5) is 9.59 Å². The van der Waals surface area contributed by atoms with Crippen molar-refractivity contribution in [2.24, 2.45) is 0 Å². The highest BCUT2D eigenvalue weighted by Crippen LogP contribution is 2.41. The summed E-state index contributed by atoms with van der Waals surface area (Å²) >= 11 is 0. The predicted molar refractivity (Wildman–Crippen MR) is 119 cm³/mol. The number of nitrogens with zero attached hydrogens (tertiary/aromatic N) is 2. The van der Waals surface area contributed by atoms with Gasteiger partial charge in [-0.15, -0.1) is 0 Å². The summed E-state index contributed by atoms with van der Waals surface area (Å²) in [4.78, 5) is 28.4. The summed E-state index contributed by atoms with van der Waals surface area (Å²) in [5, 5.41) is 0. The lowest BCUT2D eigenvalue weighted by molar-refractivity contribution is 0.156. The van der Waals surface area contributed by atoms with E-state index in [1.54, 1.807) is 21.9 Å². The van der Waals surface area contributed by atoms with Gasteiger partial charge in [-0.1, -0.05) is 24.3 Å². The molecule has 0 heterocycles. The second-order valence-corrected chi connectivity index (χ2v) is 6.98. The Hall–Kier alpha value is -3.02. The monoisotopic (exact) mass is 412 g/mol. The van der Waals surface area contributed by atoms with Crippen LogP contribution in [0.15, 0.2) is 36.4 Å². The second-order valence-electron chi connectivity index (χ2n) is 6.98. The van der Waals surface area contributed by atoms with Crippen LogP contribution < -0.4 is 9.47 Å². The van der Waals surface area contributed by atoms with Gasteiger partial charge in [0.25, 0.3) is 0 Å². The van der Waals surface area contributed by atoms with Gasteiger partial charge in [0, 0.05) is 37.3 Å². The van der Waals surface area contributed by atoms with Gasteiger partial charge in [-0.05, 0) is 64.8 Å². The third kappa shape index (κ3) is 5.12. The third-order valence-corrected chi connectivity index (χ3v) is 5.16. The summed E-state index contributed by atoms with van der Waals surface area (Å²) in [6.07, 6.45) is -0.802. The zero-order chi connectivity index (χ0) is 22.3. The summed E-state index contributed by atoms with van der Waals surface area (Å²) in [6, 6.07) is 11.1. The van der Waals surface area contributed by atoms with E-state index in [4.69, 9.17) is 9.47 Å². The highest BCUT2D eigenvalue weighted by Gasteiger charge is 2.22. The van der Waals surface area contributed by atoms with Crippen molar-refractivity contribution in [1.29, 1.82) is 0 Å². The van der Waals surface area contributed by atoms with Crippen LogP contribution >= 0.6 is 0 Å². The molecule has 0 aliphatic carbocycles. The number of aryl methyl sites for hydroxylation is 2. The van der Waals surface area contributed by atoms with Gasteiger partial charge in [0.05, 0.1) is 0 Å². The van der Waals surface area contributed by atoms with E-state index >= 15 is 0 Å². The normalized spacial score (nSPS) is 10.5. The number of carbonyl (C=O) groups is 2. The Morgan fingerprint density at radius 1 is 0.667 bits per heavy atom. The number of hydrogen-bond donors (Lipinski definition) is 0. The van der Waals surface area contributed by atoms with Crippen molar-refractivity contribution >= 4 is 12.2 Å². The molecule has 0 fully saturated rings. The SMILES string of the molecule is CCN(CC)C(=O)Oc1cccc(C)c1-c1c(C)cccc1OC(=O)N(CC)CC. The minimum atomic E-state index is -0.401. The zero-order valence-corrected chi connectivity index (χ0v) is 18.8. The Labute approximate surface area is 179 Å². The van der Waals surface area contributed by atoms with Crippen molar-refractivity contribution in [3.63, 3.8) is 0 Å². The molecule has 0 radical (unpaired) electrons. The highest BCUT2D eigenvalue weighted by molar-refractivity contribution is 5.85. The standard InChI is InChI=1S/C24H32N2O4/c1-7-25(8-2)23(27)29-19-15-11-13-17(5)21(19)22-18(6)14-12-16-20(22)30-24(28)26(9-3)10-4/h11-16H,7-10H2,1-6H3. The molecule has 0 spiro atoms.